The first-order chi connectivity index (χ1) is 36.0. The van der Waals surface area contributed by atoms with Crippen LogP contribution in [-0.2, 0) is 28.6 Å². The third-order valence-corrected chi connectivity index (χ3v) is 11.8. The van der Waals surface area contributed by atoms with Crippen molar-refractivity contribution in [2.45, 2.75) is 245 Å². The molecule has 0 bridgehead atoms. The van der Waals surface area contributed by atoms with E-state index in [4.69, 9.17) is 14.2 Å². The van der Waals surface area contributed by atoms with E-state index in [0.717, 1.165) is 116 Å². The van der Waals surface area contributed by atoms with Gasteiger partial charge in [-0.25, -0.2) is 0 Å². The molecule has 0 aromatic carbocycles. The SMILES string of the molecule is CC/C=C\C/C=C\C/C=C\C/C=C\C/C=C\CCCCCC(=O)O[C@H](COC(=O)CCC/C=C\C/C=C\C/C=C\C/C=C\C/C=C\CC)COC(=O)CCCCCCCCCCC/C=C\C/C=C\CCCCC. The van der Waals surface area contributed by atoms with Gasteiger partial charge < -0.3 is 14.2 Å². The second kappa shape index (κ2) is 59.8. The molecule has 0 aromatic heterocycles. The Kier molecular flexibility index (Phi) is 56.0. The van der Waals surface area contributed by atoms with Gasteiger partial charge in [0.2, 0.25) is 0 Å². The van der Waals surface area contributed by atoms with Crippen LogP contribution in [0.5, 0.6) is 0 Å². The molecule has 0 heterocycles. The molecule has 0 N–H and O–H groups in total. The lowest BCUT2D eigenvalue weighted by atomic mass is 10.1. The van der Waals surface area contributed by atoms with Crippen LogP contribution in [0.2, 0.25) is 0 Å². The fraction of sp³-hybridized carbons (Fsp3) is 0.597. The molecule has 410 valence electrons. The maximum atomic E-state index is 12.9. The van der Waals surface area contributed by atoms with Crippen LogP contribution in [0.3, 0.4) is 0 Å². The van der Waals surface area contributed by atoms with Crippen LogP contribution in [0.4, 0.5) is 0 Å². The quantitative estimate of drug-likeness (QED) is 0.0261. The van der Waals surface area contributed by atoms with Crippen LogP contribution in [-0.4, -0.2) is 37.2 Å². The summed E-state index contributed by atoms with van der Waals surface area (Å²) in [5, 5.41) is 0. The molecular weight excluding hydrogens is 901 g/mol. The number of esters is 3. The van der Waals surface area contributed by atoms with Crippen molar-refractivity contribution in [1.82, 2.24) is 0 Å². The maximum Gasteiger partial charge on any atom is 0.306 e. The van der Waals surface area contributed by atoms with Gasteiger partial charge in [-0.1, -0.05) is 231 Å². The molecule has 0 unspecified atom stereocenters. The minimum absolute atomic E-state index is 0.117. The van der Waals surface area contributed by atoms with E-state index in [1.807, 2.05) is 0 Å². The molecule has 0 aliphatic rings. The van der Waals surface area contributed by atoms with E-state index in [9.17, 15) is 14.4 Å². The Balaban J connectivity index is 4.56. The molecule has 0 spiro atoms. The lowest BCUT2D eigenvalue weighted by Crippen LogP contribution is -2.30. The van der Waals surface area contributed by atoms with Crippen molar-refractivity contribution in [3.05, 3.63) is 146 Å². The van der Waals surface area contributed by atoms with Gasteiger partial charge in [0.25, 0.3) is 0 Å². The number of carbonyl (C=O) groups is 3. The zero-order valence-corrected chi connectivity index (χ0v) is 46.8. The Labute approximate surface area is 448 Å². The summed E-state index contributed by atoms with van der Waals surface area (Å²) < 4.78 is 16.8. The van der Waals surface area contributed by atoms with E-state index in [1.54, 1.807) is 0 Å². The van der Waals surface area contributed by atoms with Gasteiger partial charge in [-0.05, 0) is 135 Å². The number of unbranched alkanes of at least 4 members (excludes halogenated alkanes) is 16. The Morgan fingerprint density at radius 3 is 0.904 bits per heavy atom. The molecule has 0 aromatic rings. The van der Waals surface area contributed by atoms with E-state index < -0.39 is 6.10 Å². The van der Waals surface area contributed by atoms with Crippen molar-refractivity contribution < 1.29 is 28.6 Å². The Bertz CT molecular complexity index is 1630. The first-order valence-corrected chi connectivity index (χ1v) is 29.3. The minimum atomic E-state index is -0.828. The van der Waals surface area contributed by atoms with Crippen LogP contribution in [0, 0.1) is 0 Å². The summed E-state index contributed by atoms with van der Waals surface area (Å²) in [7, 11) is 0. The second-order valence-corrected chi connectivity index (χ2v) is 18.8. The number of hydrogen-bond donors (Lipinski definition) is 0. The van der Waals surface area contributed by atoms with Crippen LogP contribution < -0.4 is 0 Å². The summed E-state index contributed by atoms with van der Waals surface area (Å²) in [6, 6.07) is 0. The third-order valence-electron chi connectivity index (χ3n) is 11.8. The lowest BCUT2D eigenvalue weighted by Gasteiger charge is -2.18. The van der Waals surface area contributed by atoms with Crippen molar-refractivity contribution in [2.75, 3.05) is 13.2 Å². The van der Waals surface area contributed by atoms with E-state index in [-0.39, 0.29) is 44.0 Å². The number of rotatable bonds is 51. The zero-order chi connectivity index (χ0) is 52.9. The van der Waals surface area contributed by atoms with E-state index in [0.29, 0.717) is 19.3 Å². The normalized spacial score (nSPS) is 13.2. The largest absolute Gasteiger partial charge is 0.462 e. The second-order valence-electron chi connectivity index (χ2n) is 18.8. The molecule has 73 heavy (non-hydrogen) atoms. The number of ether oxygens (including phenoxy) is 3. The number of allylic oxidation sites excluding steroid dienone is 24. The standard InChI is InChI=1S/C67H106O6/c1-4-7-10-13-16-19-22-25-28-31-33-36-39-42-45-48-51-54-57-60-66(69)72-63-64(62-71-65(68)59-56-53-50-47-44-41-38-35-30-27-24-21-18-15-12-9-6-3)73-67(70)61-58-55-52-49-46-43-40-37-34-32-29-26-23-20-17-14-11-8-5-2/h8-9,11-12,16-21,25-30,34,37-38,41,43,46-47,50,64H,4-7,10,13-15,22-24,31-33,35-36,39-40,42,44-45,48-49,51-63H2,1-3H3/b11-8-,12-9-,19-16-,20-17-,21-18-,28-25-,29-26-,30-27-,37-34-,41-38-,46-43-,50-47-/t64-/m1/s1. The summed E-state index contributed by atoms with van der Waals surface area (Å²) in [6.45, 7) is 6.30. The van der Waals surface area contributed by atoms with Crippen LogP contribution >= 0.6 is 0 Å². The van der Waals surface area contributed by atoms with Crippen molar-refractivity contribution in [3.63, 3.8) is 0 Å². The zero-order valence-electron chi connectivity index (χ0n) is 46.8. The highest BCUT2D eigenvalue weighted by Gasteiger charge is 2.19. The molecule has 0 rings (SSSR count). The smallest absolute Gasteiger partial charge is 0.306 e. The molecule has 1 atom stereocenters. The summed E-state index contributed by atoms with van der Waals surface area (Å²) in [6.07, 6.45) is 85.5. The van der Waals surface area contributed by atoms with Gasteiger partial charge in [0.15, 0.2) is 6.10 Å². The first kappa shape index (κ1) is 68.3. The van der Waals surface area contributed by atoms with E-state index >= 15 is 0 Å². The van der Waals surface area contributed by atoms with Crippen molar-refractivity contribution >= 4 is 17.9 Å². The highest BCUT2D eigenvalue weighted by Crippen LogP contribution is 2.14. The lowest BCUT2D eigenvalue weighted by molar-refractivity contribution is -0.167. The molecule has 0 saturated heterocycles. The molecule has 0 radical (unpaired) electrons. The molecule has 0 fully saturated rings. The summed E-state index contributed by atoms with van der Waals surface area (Å²) in [4.78, 5) is 38.2. The van der Waals surface area contributed by atoms with Gasteiger partial charge in [-0.2, -0.15) is 0 Å². The summed E-state index contributed by atoms with van der Waals surface area (Å²) in [5.74, 6) is -1.02. The molecule has 0 amide bonds. The fourth-order valence-electron chi connectivity index (χ4n) is 7.47. The highest BCUT2D eigenvalue weighted by atomic mass is 16.6. The molecule has 6 heteroatoms. The average molecular weight is 1010 g/mol. The van der Waals surface area contributed by atoms with Crippen molar-refractivity contribution in [2.24, 2.45) is 0 Å². The summed E-state index contributed by atoms with van der Waals surface area (Å²) in [5.41, 5.74) is 0. The van der Waals surface area contributed by atoms with E-state index in [2.05, 4.69) is 167 Å². The predicted molar refractivity (Wildman–Crippen MR) is 315 cm³/mol. The first-order valence-electron chi connectivity index (χ1n) is 29.3. The Hall–Kier alpha value is -4.71. The predicted octanol–water partition coefficient (Wildman–Crippen LogP) is 20.0. The third kappa shape index (κ3) is 58.1. The average Bonchev–Trinajstić information content (AvgIpc) is 3.39. The fourth-order valence-corrected chi connectivity index (χ4v) is 7.47. The monoisotopic (exact) mass is 1010 g/mol. The number of hydrogen-bond acceptors (Lipinski definition) is 6. The van der Waals surface area contributed by atoms with Gasteiger partial charge >= 0.3 is 17.9 Å². The molecule has 0 aliphatic carbocycles. The molecule has 0 aliphatic heterocycles. The van der Waals surface area contributed by atoms with Gasteiger partial charge in [0, 0.05) is 19.3 Å². The topological polar surface area (TPSA) is 78.9 Å². The molecule has 0 saturated carbocycles. The van der Waals surface area contributed by atoms with Gasteiger partial charge in [0.1, 0.15) is 13.2 Å². The maximum absolute atomic E-state index is 12.9. The number of carbonyl (C=O) groups excluding carboxylic acids is 3. The van der Waals surface area contributed by atoms with Crippen LogP contribution in [0.15, 0.2) is 146 Å². The molecular formula is C67H106O6. The van der Waals surface area contributed by atoms with Crippen LogP contribution in [0.1, 0.15) is 239 Å². The summed E-state index contributed by atoms with van der Waals surface area (Å²) >= 11 is 0. The minimum Gasteiger partial charge on any atom is -0.462 e. The van der Waals surface area contributed by atoms with Crippen LogP contribution in [0.25, 0.3) is 0 Å². The van der Waals surface area contributed by atoms with Gasteiger partial charge in [0.05, 0.1) is 0 Å². The van der Waals surface area contributed by atoms with Gasteiger partial charge in [-0.3, -0.25) is 14.4 Å². The van der Waals surface area contributed by atoms with E-state index in [1.165, 1.54) is 70.6 Å². The van der Waals surface area contributed by atoms with Crippen molar-refractivity contribution in [3.8, 4) is 0 Å². The molecule has 6 nitrogen and oxygen atoms in total. The Morgan fingerprint density at radius 2 is 0.548 bits per heavy atom. The van der Waals surface area contributed by atoms with Gasteiger partial charge in [-0.15, -0.1) is 0 Å². The van der Waals surface area contributed by atoms with Crippen molar-refractivity contribution in [1.29, 1.82) is 0 Å². The Morgan fingerprint density at radius 1 is 0.288 bits per heavy atom. The highest BCUT2D eigenvalue weighted by molar-refractivity contribution is 5.71.